The predicted octanol–water partition coefficient (Wildman–Crippen LogP) is 2.28. The highest BCUT2D eigenvalue weighted by molar-refractivity contribution is 5.54. The van der Waals surface area contributed by atoms with Crippen LogP contribution in [0.25, 0.3) is 5.69 Å². The molecule has 0 radical (unpaired) electrons. The van der Waals surface area contributed by atoms with Crippen LogP contribution < -0.4 is 10.2 Å². The lowest BCUT2D eigenvalue weighted by atomic mass is 10.0. The van der Waals surface area contributed by atoms with Crippen molar-refractivity contribution in [2.45, 2.75) is 0 Å². The van der Waals surface area contributed by atoms with Crippen LogP contribution in [0.1, 0.15) is 5.69 Å². The van der Waals surface area contributed by atoms with Gasteiger partial charge >= 0.3 is 0 Å². The fourth-order valence-corrected chi connectivity index (χ4v) is 4.38. The number of nitrogens with one attached hydrogen (secondary N) is 1. The van der Waals surface area contributed by atoms with Crippen molar-refractivity contribution in [2.75, 3.05) is 43.4 Å². The molecule has 1 N–H and O–H groups in total. The number of aromatic nitrogens is 4. The summed E-state index contributed by atoms with van der Waals surface area (Å²) in [6.45, 7) is 4.74. The zero-order chi connectivity index (χ0) is 19.8. The lowest BCUT2D eigenvalue weighted by Crippen LogP contribution is -2.26. The van der Waals surface area contributed by atoms with Crippen LogP contribution in [0.15, 0.2) is 49.2 Å². The minimum absolute atomic E-state index is 0.287. The first-order chi connectivity index (χ1) is 14.2. The summed E-state index contributed by atoms with van der Waals surface area (Å²) >= 11 is 0. The molecule has 2 aliphatic rings. The maximum atomic E-state index is 8.79. The number of hydrogen-bond donors (Lipinski definition) is 1. The monoisotopic (exact) mass is 386 g/mol. The van der Waals surface area contributed by atoms with Crippen molar-refractivity contribution in [2.24, 2.45) is 11.8 Å². The van der Waals surface area contributed by atoms with E-state index in [1.54, 1.807) is 6.33 Å². The fourth-order valence-electron chi connectivity index (χ4n) is 4.38. The summed E-state index contributed by atoms with van der Waals surface area (Å²) in [5.74, 6) is 2.82. The molecular weight excluding hydrogens is 364 g/mol. The van der Waals surface area contributed by atoms with Crippen LogP contribution in [0, 0.1) is 23.2 Å². The Morgan fingerprint density at radius 2 is 1.66 bits per heavy atom. The molecule has 1 aromatic carbocycles. The molecule has 0 saturated carbocycles. The summed E-state index contributed by atoms with van der Waals surface area (Å²) in [5.41, 5.74) is 2.63. The topological polar surface area (TPSA) is 85.9 Å². The van der Waals surface area contributed by atoms with Crippen LogP contribution in [0.4, 0.5) is 17.3 Å². The summed E-state index contributed by atoms with van der Waals surface area (Å²) in [6.07, 6.45) is 6.63. The van der Waals surface area contributed by atoms with Crippen LogP contribution in [0.3, 0.4) is 0 Å². The van der Waals surface area contributed by atoms with Gasteiger partial charge in [-0.3, -0.25) is 0 Å². The van der Waals surface area contributed by atoms with Crippen LogP contribution in [0.5, 0.6) is 0 Å². The van der Waals surface area contributed by atoms with E-state index in [4.69, 9.17) is 5.26 Å². The number of likely N-dealkylation sites (tertiary alicyclic amines) is 1. The molecule has 2 aliphatic heterocycles. The van der Waals surface area contributed by atoms with Gasteiger partial charge in [-0.2, -0.15) is 5.26 Å². The molecule has 2 atom stereocenters. The van der Waals surface area contributed by atoms with Crippen molar-refractivity contribution >= 4 is 17.3 Å². The van der Waals surface area contributed by atoms with Gasteiger partial charge in [-0.05, 0) is 43.1 Å². The Balaban J connectivity index is 1.25. The Morgan fingerprint density at radius 1 is 0.931 bits per heavy atom. The van der Waals surface area contributed by atoms with E-state index < -0.39 is 0 Å². The minimum atomic E-state index is 0.287. The van der Waals surface area contributed by atoms with E-state index in [1.165, 1.54) is 31.2 Å². The van der Waals surface area contributed by atoms with Gasteiger partial charge in [-0.1, -0.05) is 0 Å². The molecule has 146 valence electrons. The van der Waals surface area contributed by atoms with Gasteiger partial charge < -0.3 is 19.7 Å². The van der Waals surface area contributed by atoms with Gasteiger partial charge in [-0.25, -0.2) is 15.0 Å². The average molecular weight is 386 g/mol. The number of hydrogen-bond acceptors (Lipinski definition) is 7. The smallest absolute Gasteiger partial charge is 0.158 e. The second-order valence-corrected chi connectivity index (χ2v) is 7.85. The number of anilines is 3. The number of imidazole rings is 1. The first kappa shape index (κ1) is 17.6. The maximum Gasteiger partial charge on any atom is 0.158 e. The zero-order valence-electron chi connectivity index (χ0n) is 16.2. The largest absolute Gasteiger partial charge is 0.371 e. The van der Waals surface area contributed by atoms with Crippen LogP contribution >= 0.6 is 0 Å². The molecule has 29 heavy (non-hydrogen) atoms. The van der Waals surface area contributed by atoms with Gasteiger partial charge in [-0.15, -0.1) is 0 Å². The van der Waals surface area contributed by atoms with E-state index in [9.17, 15) is 0 Å². The third-order valence-corrected chi connectivity index (χ3v) is 5.79. The molecule has 2 saturated heterocycles. The van der Waals surface area contributed by atoms with Crippen molar-refractivity contribution in [1.82, 2.24) is 24.4 Å². The first-order valence-electron chi connectivity index (χ1n) is 9.75. The Morgan fingerprint density at radius 3 is 2.31 bits per heavy atom. The highest BCUT2D eigenvalue weighted by Crippen LogP contribution is 2.33. The van der Waals surface area contributed by atoms with E-state index in [0.29, 0.717) is 11.6 Å². The number of fused-ring (bicyclic) bond motifs is 1. The minimum Gasteiger partial charge on any atom is -0.371 e. The third kappa shape index (κ3) is 3.52. The van der Waals surface area contributed by atoms with Crippen LogP contribution in [-0.4, -0.2) is 57.6 Å². The molecule has 0 unspecified atom stereocenters. The van der Waals surface area contributed by atoms with Crippen LogP contribution in [-0.2, 0) is 0 Å². The Bertz CT molecular complexity index is 1020. The van der Waals surface area contributed by atoms with Crippen molar-refractivity contribution in [1.29, 1.82) is 5.26 Å². The quantitative estimate of drug-likeness (QED) is 0.736. The molecule has 3 aromatic rings. The van der Waals surface area contributed by atoms with Gasteiger partial charge in [0.25, 0.3) is 0 Å². The van der Waals surface area contributed by atoms with Gasteiger partial charge in [0.15, 0.2) is 5.69 Å². The first-order valence-corrected chi connectivity index (χ1v) is 9.75. The van der Waals surface area contributed by atoms with Gasteiger partial charge in [0, 0.05) is 37.6 Å². The SMILES string of the molecule is CN1C[C@@H]2CN(c3ccc(-n4cnc(Nc5cnc(C#N)cn5)c4)cc3)C[C@@H]2C1. The molecule has 0 aliphatic carbocycles. The molecule has 0 bridgehead atoms. The highest BCUT2D eigenvalue weighted by Gasteiger charge is 2.38. The van der Waals surface area contributed by atoms with E-state index in [0.717, 1.165) is 30.6 Å². The fraction of sp³-hybridized carbons (Fsp3) is 0.333. The molecule has 5 rings (SSSR count). The molecule has 8 heteroatoms. The number of benzene rings is 1. The molecular formula is C21H22N8. The second-order valence-electron chi connectivity index (χ2n) is 7.85. The summed E-state index contributed by atoms with van der Waals surface area (Å²) in [4.78, 5) is 17.5. The van der Waals surface area contributed by atoms with E-state index in [2.05, 4.69) is 61.4 Å². The van der Waals surface area contributed by atoms with Crippen molar-refractivity contribution in [3.05, 3.63) is 54.9 Å². The molecule has 0 amide bonds. The third-order valence-electron chi connectivity index (χ3n) is 5.79. The van der Waals surface area contributed by atoms with E-state index in [1.807, 2.05) is 16.8 Å². The standard InChI is InChI=1S/C21H22N8/c1-27-9-15-11-28(12-16(15)10-27)18-2-4-19(5-3-18)29-13-21(25-14-29)26-20-8-23-17(6-22)7-24-20/h2-5,7-8,13-16H,9-12H2,1H3,(H,24,26)/t15-,16+. The summed E-state index contributed by atoms with van der Waals surface area (Å²) in [7, 11) is 2.22. The van der Waals surface area contributed by atoms with Gasteiger partial charge in [0.1, 0.15) is 24.0 Å². The highest BCUT2D eigenvalue weighted by atomic mass is 15.2. The van der Waals surface area contributed by atoms with Gasteiger partial charge in [0.05, 0.1) is 18.6 Å². The molecule has 8 nitrogen and oxygen atoms in total. The maximum absolute atomic E-state index is 8.79. The zero-order valence-corrected chi connectivity index (χ0v) is 16.2. The summed E-state index contributed by atoms with van der Waals surface area (Å²) in [6, 6.07) is 10.6. The van der Waals surface area contributed by atoms with Crippen molar-refractivity contribution in [3.8, 4) is 11.8 Å². The lowest BCUT2D eigenvalue weighted by molar-refractivity contribution is 0.387. The Labute approximate surface area is 169 Å². The van der Waals surface area contributed by atoms with Crippen LogP contribution in [0.2, 0.25) is 0 Å². The van der Waals surface area contributed by atoms with Crippen molar-refractivity contribution < 1.29 is 0 Å². The van der Waals surface area contributed by atoms with E-state index in [-0.39, 0.29) is 5.69 Å². The lowest BCUT2D eigenvalue weighted by Gasteiger charge is -2.21. The van der Waals surface area contributed by atoms with E-state index >= 15 is 0 Å². The number of rotatable bonds is 4. The summed E-state index contributed by atoms with van der Waals surface area (Å²) in [5, 5.41) is 11.9. The second kappa shape index (κ2) is 7.18. The van der Waals surface area contributed by atoms with Crippen molar-refractivity contribution in [3.63, 3.8) is 0 Å². The summed E-state index contributed by atoms with van der Waals surface area (Å²) < 4.78 is 1.97. The number of nitriles is 1. The normalized spacial score (nSPS) is 21.2. The predicted molar refractivity (Wildman–Crippen MR) is 110 cm³/mol. The molecule has 2 aromatic heterocycles. The molecule has 2 fully saturated rings. The number of nitrogens with zero attached hydrogens (tertiary/aromatic N) is 7. The van der Waals surface area contributed by atoms with Gasteiger partial charge in [0.2, 0.25) is 0 Å². The molecule has 0 spiro atoms. The Kier molecular flexibility index (Phi) is 4.37. The molecule has 4 heterocycles. The average Bonchev–Trinajstić information content (AvgIpc) is 3.44. The Hall–Kier alpha value is -3.44.